The van der Waals surface area contributed by atoms with Crippen LogP contribution in [0, 0.1) is 0 Å². The summed E-state index contributed by atoms with van der Waals surface area (Å²) >= 11 is 6.67. The molecule has 160 valence electrons. The molecule has 1 aliphatic rings. The lowest BCUT2D eigenvalue weighted by Gasteiger charge is -2.09. The minimum absolute atomic E-state index is 0.0906. The van der Waals surface area contributed by atoms with E-state index < -0.39 is 0 Å². The first-order chi connectivity index (χ1) is 15.6. The molecule has 32 heavy (non-hydrogen) atoms. The highest BCUT2D eigenvalue weighted by Crippen LogP contribution is 2.37. The Morgan fingerprint density at radius 2 is 2.00 bits per heavy atom. The number of carbonyl (C=O) groups is 1. The summed E-state index contributed by atoms with van der Waals surface area (Å²) in [5, 5.41) is 5.71. The van der Waals surface area contributed by atoms with Gasteiger partial charge < -0.3 is 9.15 Å². The van der Waals surface area contributed by atoms with Gasteiger partial charge in [0.05, 0.1) is 17.7 Å². The molecule has 0 aliphatic carbocycles. The van der Waals surface area contributed by atoms with Gasteiger partial charge in [0.15, 0.2) is 17.1 Å². The van der Waals surface area contributed by atoms with Crippen molar-refractivity contribution in [2.75, 3.05) is 13.7 Å². The zero-order chi connectivity index (χ0) is 22.2. The second kappa shape index (κ2) is 8.29. The van der Waals surface area contributed by atoms with Gasteiger partial charge in [-0.15, -0.1) is 0 Å². The minimum Gasteiger partial charge on any atom is -0.493 e. The van der Waals surface area contributed by atoms with Crippen LogP contribution < -0.4 is 4.74 Å². The van der Waals surface area contributed by atoms with E-state index in [0.29, 0.717) is 38.6 Å². The Bertz CT molecular complexity index is 1370. The Hall–Kier alpha value is -3.36. The molecule has 1 saturated heterocycles. The van der Waals surface area contributed by atoms with Gasteiger partial charge in [0.2, 0.25) is 0 Å². The molecular weight excluding hydrogens is 442 g/mol. The highest BCUT2D eigenvalue weighted by molar-refractivity contribution is 8.26. The van der Waals surface area contributed by atoms with Crippen molar-refractivity contribution in [3.8, 4) is 22.9 Å². The van der Waals surface area contributed by atoms with Crippen LogP contribution >= 0.6 is 24.0 Å². The molecule has 0 bridgehead atoms. The van der Waals surface area contributed by atoms with Gasteiger partial charge in [-0.1, -0.05) is 54.3 Å². The van der Waals surface area contributed by atoms with Crippen LogP contribution in [-0.2, 0) is 4.79 Å². The average Bonchev–Trinajstić information content (AvgIpc) is 3.50. The molecule has 0 saturated carbocycles. The number of fused-ring (bicyclic) bond motifs is 1. The van der Waals surface area contributed by atoms with E-state index in [2.05, 4.69) is 0 Å². The number of furan rings is 1. The number of benzene rings is 2. The van der Waals surface area contributed by atoms with Gasteiger partial charge in [0, 0.05) is 23.7 Å². The van der Waals surface area contributed by atoms with E-state index in [1.807, 2.05) is 73.8 Å². The average molecular weight is 462 g/mol. The summed E-state index contributed by atoms with van der Waals surface area (Å²) in [5.41, 5.74) is 2.96. The van der Waals surface area contributed by atoms with Crippen molar-refractivity contribution >= 4 is 51.3 Å². The summed E-state index contributed by atoms with van der Waals surface area (Å²) in [6.45, 7) is 2.45. The van der Waals surface area contributed by atoms with Crippen LogP contribution in [0.2, 0.25) is 0 Å². The summed E-state index contributed by atoms with van der Waals surface area (Å²) in [7, 11) is 1.61. The molecular formula is C24H19N3O3S2. The zero-order valence-electron chi connectivity index (χ0n) is 17.4. The number of carbonyl (C=O) groups excluding carboxylic acids is 1. The number of hydrogen-bond donors (Lipinski definition) is 0. The molecule has 4 aromatic rings. The first kappa shape index (κ1) is 20.5. The highest BCUT2D eigenvalue weighted by Gasteiger charge is 2.31. The second-order valence-corrected chi connectivity index (χ2v) is 8.80. The summed E-state index contributed by atoms with van der Waals surface area (Å²) in [4.78, 5) is 14.9. The van der Waals surface area contributed by atoms with Crippen molar-refractivity contribution in [2.24, 2.45) is 0 Å². The second-order valence-electron chi connectivity index (χ2n) is 7.13. The number of rotatable bonds is 5. The number of para-hydroxylation sites is 2. The maximum absolute atomic E-state index is 12.8. The number of aromatic nitrogens is 2. The Kier molecular flexibility index (Phi) is 5.32. The molecule has 6 nitrogen and oxygen atoms in total. The molecule has 8 heteroatoms. The molecule has 0 spiro atoms. The van der Waals surface area contributed by atoms with E-state index in [1.54, 1.807) is 16.7 Å². The highest BCUT2D eigenvalue weighted by atomic mass is 32.2. The monoisotopic (exact) mass is 461 g/mol. The number of likely N-dealkylation sites (N-methyl/N-ethyl adjacent to an activating group) is 1. The number of thiocarbonyl (C=S) groups is 1. The van der Waals surface area contributed by atoms with E-state index >= 15 is 0 Å². The number of nitrogens with zero attached hydrogens (tertiary/aromatic N) is 3. The first-order valence-electron chi connectivity index (χ1n) is 10.1. The lowest BCUT2D eigenvalue weighted by atomic mass is 10.1. The SMILES string of the molecule is CCN1C(=O)C(=Cc2cn(-c3ccccc3)nc2-c2cc3cccc(OC)c3o2)SC1=S. The third-order valence-electron chi connectivity index (χ3n) is 5.20. The number of amides is 1. The summed E-state index contributed by atoms with van der Waals surface area (Å²) in [6, 6.07) is 17.5. The molecule has 1 amide bonds. The molecule has 0 radical (unpaired) electrons. The minimum atomic E-state index is -0.0906. The molecule has 0 N–H and O–H groups in total. The molecule has 1 aliphatic heterocycles. The largest absolute Gasteiger partial charge is 0.493 e. The fourth-order valence-electron chi connectivity index (χ4n) is 3.63. The van der Waals surface area contributed by atoms with Crippen LogP contribution in [0.1, 0.15) is 12.5 Å². The molecule has 0 atom stereocenters. The van der Waals surface area contributed by atoms with Crippen LogP contribution in [0.3, 0.4) is 0 Å². The summed E-state index contributed by atoms with van der Waals surface area (Å²) in [5.74, 6) is 1.16. The topological polar surface area (TPSA) is 60.5 Å². The van der Waals surface area contributed by atoms with Gasteiger partial charge >= 0.3 is 0 Å². The molecule has 2 aromatic heterocycles. The van der Waals surface area contributed by atoms with Crippen LogP contribution in [-0.4, -0.2) is 38.6 Å². The van der Waals surface area contributed by atoms with Crippen LogP contribution in [0.4, 0.5) is 0 Å². The predicted octanol–water partition coefficient (Wildman–Crippen LogP) is 5.52. The van der Waals surface area contributed by atoms with Crippen molar-refractivity contribution in [1.82, 2.24) is 14.7 Å². The Morgan fingerprint density at radius 1 is 1.19 bits per heavy atom. The van der Waals surface area contributed by atoms with E-state index in [1.165, 1.54) is 11.8 Å². The molecule has 2 aromatic carbocycles. The van der Waals surface area contributed by atoms with Gasteiger partial charge in [-0.25, -0.2) is 4.68 Å². The van der Waals surface area contributed by atoms with E-state index in [4.69, 9.17) is 26.5 Å². The quantitative estimate of drug-likeness (QED) is 0.288. The van der Waals surface area contributed by atoms with Crippen molar-refractivity contribution in [2.45, 2.75) is 6.92 Å². The van der Waals surface area contributed by atoms with E-state index in [-0.39, 0.29) is 5.91 Å². The number of methoxy groups -OCH3 is 1. The fraction of sp³-hybridized carbons (Fsp3) is 0.125. The lowest BCUT2D eigenvalue weighted by molar-refractivity contribution is -0.121. The number of ether oxygens (including phenoxy) is 1. The number of thioether (sulfide) groups is 1. The molecule has 0 unspecified atom stereocenters. The van der Waals surface area contributed by atoms with Crippen LogP contribution in [0.5, 0.6) is 5.75 Å². The van der Waals surface area contributed by atoms with Gasteiger partial charge in [-0.2, -0.15) is 5.10 Å². The maximum atomic E-state index is 12.8. The maximum Gasteiger partial charge on any atom is 0.266 e. The number of hydrogen-bond acceptors (Lipinski definition) is 6. The third-order valence-corrected chi connectivity index (χ3v) is 6.58. The predicted molar refractivity (Wildman–Crippen MR) is 131 cm³/mol. The zero-order valence-corrected chi connectivity index (χ0v) is 19.1. The van der Waals surface area contributed by atoms with E-state index in [0.717, 1.165) is 16.6 Å². The van der Waals surface area contributed by atoms with Crippen molar-refractivity contribution in [3.05, 3.63) is 71.3 Å². The normalized spacial score (nSPS) is 15.3. The standard InChI is InChI=1S/C24H19N3O3S2/c1-3-26-23(28)20(32-24(26)31)13-16-14-27(17-9-5-4-6-10-17)25-21(16)19-12-15-8-7-11-18(29-2)22(15)30-19/h4-14H,3H2,1-2H3. The van der Waals surface area contributed by atoms with Crippen molar-refractivity contribution < 1.29 is 13.9 Å². The molecule has 1 fully saturated rings. The van der Waals surface area contributed by atoms with Crippen molar-refractivity contribution in [1.29, 1.82) is 0 Å². The summed E-state index contributed by atoms with van der Waals surface area (Å²) < 4.78 is 14.0. The Labute approximate surface area is 194 Å². The van der Waals surface area contributed by atoms with Crippen LogP contribution in [0.15, 0.2) is 70.1 Å². The Morgan fingerprint density at radius 3 is 2.72 bits per heavy atom. The van der Waals surface area contributed by atoms with Crippen LogP contribution in [0.25, 0.3) is 34.2 Å². The lowest BCUT2D eigenvalue weighted by Crippen LogP contribution is -2.27. The van der Waals surface area contributed by atoms with E-state index in [9.17, 15) is 4.79 Å². The first-order valence-corrected chi connectivity index (χ1v) is 11.3. The van der Waals surface area contributed by atoms with Gasteiger partial charge in [0.25, 0.3) is 5.91 Å². The smallest absolute Gasteiger partial charge is 0.266 e. The third kappa shape index (κ3) is 3.51. The summed E-state index contributed by atoms with van der Waals surface area (Å²) in [6.07, 6.45) is 3.73. The van der Waals surface area contributed by atoms with Gasteiger partial charge in [-0.05, 0) is 37.3 Å². The molecule has 3 heterocycles. The van der Waals surface area contributed by atoms with Crippen molar-refractivity contribution in [3.63, 3.8) is 0 Å². The van der Waals surface area contributed by atoms with Gasteiger partial charge in [-0.3, -0.25) is 9.69 Å². The fourth-order valence-corrected chi connectivity index (χ4v) is 5.00. The molecule has 5 rings (SSSR count). The Balaban J connectivity index is 1.67. The van der Waals surface area contributed by atoms with Gasteiger partial charge in [0.1, 0.15) is 10.0 Å².